The highest BCUT2D eigenvalue weighted by atomic mass is 127. The molecule has 5 atom stereocenters. The van der Waals surface area contributed by atoms with E-state index in [9.17, 15) is 5.11 Å². The van der Waals surface area contributed by atoms with Gasteiger partial charge in [0.25, 0.3) is 0 Å². The molecule has 1 nitrogen and oxygen atoms in total. The first-order valence-electron chi connectivity index (χ1n) is 6.33. The zero-order chi connectivity index (χ0) is 11.1. The van der Waals surface area contributed by atoms with Crippen molar-refractivity contribution < 1.29 is 5.11 Å². The highest BCUT2D eigenvalue weighted by molar-refractivity contribution is 14.1. The number of hydrogen-bond acceptors (Lipinski definition) is 1. The maximum atomic E-state index is 10.1. The Bertz CT molecular complexity index is 231. The molecule has 0 radical (unpaired) electrons. The second-order valence-electron chi connectivity index (χ2n) is 5.89. The van der Waals surface area contributed by atoms with Gasteiger partial charge >= 0.3 is 0 Å². The molecule has 0 amide bonds. The van der Waals surface area contributed by atoms with Crippen LogP contribution in [0.15, 0.2) is 0 Å². The van der Waals surface area contributed by atoms with Crippen LogP contribution in [0.2, 0.25) is 0 Å². The van der Waals surface area contributed by atoms with Gasteiger partial charge in [-0.05, 0) is 48.9 Å². The van der Waals surface area contributed by atoms with Crippen molar-refractivity contribution in [2.24, 2.45) is 23.2 Å². The van der Waals surface area contributed by atoms with Gasteiger partial charge < -0.3 is 5.11 Å². The molecule has 2 heteroatoms. The largest absolute Gasteiger partial charge is 0.393 e. The Kier molecular flexibility index (Phi) is 3.66. The number of hydrogen-bond donors (Lipinski definition) is 1. The predicted octanol–water partition coefficient (Wildman–Crippen LogP) is 3.63. The van der Waals surface area contributed by atoms with Crippen molar-refractivity contribution in [3.63, 3.8) is 0 Å². The normalized spacial score (nSPS) is 47.6. The van der Waals surface area contributed by atoms with Crippen LogP contribution in [0, 0.1) is 23.2 Å². The third-order valence-corrected chi connectivity index (χ3v) is 6.48. The summed E-state index contributed by atoms with van der Waals surface area (Å²) in [6, 6.07) is 0. The summed E-state index contributed by atoms with van der Waals surface area (Å²) in [4.78, 5) is 0. The van der Waals surface area contributed by atoms with Crippen LogP contribution in [0.3, 0.4) is 0 Å². The van der Waals surface area contributed by atoms with E-state index in [1.54, 1.807) is 0 Å². The van der Waals surface area contributed by atoms with Gasteiger partial charge in [-0.25, -0.2) is 0 Å². The van der Waals surface area contributed by atoms with E-state index < -0.39 is 0 Å². The van der Waals surface area contributed by atoms with Crippen molar-refractivity contribution in [2.45, 2.75) is 52.1 Å². The zero-order valence-electron chi connectivity index (χ0n) is 9.88. The van der Waals surface area contributed by atoms with E-state index >= 15 is 0 Å². The second kappa shape index (κ2) is 4.52. The lowest BCUT2D eigenvalue weighted by atomic mass is 9.62. The average molecular weight is 322 g/mol. The summed E-state index contributed by atoms with van der Waals surface area (Å²) in [5.74, 6) is 2.28. The SMILES string of the molecule is C[C@H](CI)C1CCC2C(O)CCCC21C. The number of aliphatic hydroxyl groups is 1. The molecule has 15 heavy (non-hydrogen) atoms. The van der Waals surface area contributed by atoms with Gasteiger partial charge in [-0.15, -0.1) is 0 Å². The molecule has 0 saturated heterocycles. The van der Waals surface area contributed by atoms with E-state index in [0.29, 0.717) is 11.3 Å². The van der Waals surface area contributed by atoms with Crippen molar-refractivity contribution in [3.05, 3.63) is 0 Å². The van der Waals surface area contributed by atoms with Crippen LogP contribution in [0.25, 0.3) is 0 Å². The second-order valence-corrected chi connectivity index (χ2v) is 6.77. The topological polar surface area (TPSA) is 20.2 Å². The van der Waals surface area contributed by atoms with Crippen molar-refractivity contribution in [3.8, 4) is 0 Å². The predicted molar refractivity (Wildman–Crippen MR) is 72.2 cm³/mol. The first-order chi connectivity index (χ1) is 7.09. The fraction of sp³-hybridized carbons (Fsp3) is 1.00. The van der Waals surface area contributed by atoms with Gasteiger partial charge in [0.2, 0.25) is 0 Å². The lowest BCUT2D eigenvalue weighted by Crippen LogP contribution is -2.41. The van der Waals surface area contributed by atoms with E-state index in [4.69, 9.17) is 0 Å². The van der Waals surface area contributed by atoms with E-state index in [2.05, 4.69) is 36.4 Å². The van der Waals surface area contributed by atoms with Crippen LogP contribution in [-0.4, -0.2) is 15.6 Å². The van der Waals surface area contributed by atoms with Crippen LogP contribution >= 0.6 is 22.6 Å². The van der Waals surface area contributed by atoms with E-state index in [1.165, 1.54) is 30.1 Å². The molecule has 88 valence electrons. The average Bonchev–Trinajstić information content (AvgIpc) is 2.56. The molecule has 2 aliphatic carbocycles. The van der Waals surface area contributed by atoms with Gasteiger partial charge in [0.05, 0.1) is 6.10 Å². The monoisotopic (exact) mass is 322 g/mol. The van der Waals surface area contributed by atoms with Crippen LogP contribution in [-0.2, 0) is 0 Å². The van der Waals surface area contributed by atoms with Crippen LogP contribution in [0.1, 0.15) is 46.0 Å². The molecule has 0 aromatic heterocycles. The fourth-order valence-electron chi connectivity index (χ4n) is 4.23. The van der Waals surface area contributed by atoms with Crippen LogP contribution in [0.4, 0.5) is 0 Å². The number of halogens is 1. The maximum Gasteiger partial charge on any atom is 0.0573 e. The Labute approximate surface area is 107 Å². The Morgan fingerprint density at radius 1 is 1.40 bits per heavy atom. The first kappa shape index (κ1) is 12.2. The van der Waals surface area contributed by atoms with Gasteiger partial charge in [-0.1, -0.05) is 42.9 Å². The molecule has 0 aromatic rings. The van der Waals surface area contributed by atoms with Crippen LogP contribution in [0.5, 0.6) is 0 Å². The molecule has 0 aromatic carbocycles. The minimum atomic E-state index is -0.00448. The Morgan fingerprint density at radius 2 is 2.13 bits per heavy atom. The third kappa shape index (κ3) is 1.97. The number of aliphatic hydroxyl groups excluding tert-OH is 1. The van der Waals surface area contributed by atoms with Gasteiger partial charge in [-0.2, -0.15) is 0 Å². The summed E-state index contributed by atoms with van der Waals surface area (Å²) in [5.41, 5.74) is 0.447. The molecule has 0 heterocycles. The molecule has 0 bridgehead atoms. The summed E-state index contributed by atoms with van der Waals surface area (Å²) in [6.45, 7) is 4.84. The Balaban J connectivity index is 2.17. The molecule has 0 aliphatic heterocycles. The molecule has 1 N–H and O–H groups in total. The van der Waals surface area contributed by atoms with Gasteiger partial charge in [0.1, 0.15) is 0 Å². The number of fused-ring (bicyclic) bond motifs is 1. The number of alkyl halides is 1. The van der Waals surface area contributed by atoms with Crippen molar-refractivity contribution in [2.75, 3.05) is 4.43 Å². The molecule has 4 unspecified atom stereocenters. The summed E-state index contributed by atoms with van der Waals surface area (Å²) in [6.07, 6.45) is 6.24. The van der Waals surface area contributed by atoms with Gasteiger partial charge in [-0.3, -0.25) is 0 Å². The molecule has 2 fully saturated rings. The highest BCUT2D eigenvalue weighted by Gasteiger charge is 2.51. The molecule has 2 saturated carbocycles. The minimum absolute atomic E-state index is 0.00448. The lowest BCUT2D eigenvalue weighted by molar-refractivity contribution is -0.0247. The molecule has 2 rings (SSSR count). The van der Waals surface area contributed by atoms with Crippen LogP contribution < -0.4 is 0 Å². The van der Waals surface area contributed by atoms with Gasteiger partial charge in [0.15, 0.2) is 0 Å². The summed E-state index contributed by atoms with van der Waals surface area (Å²) in [7, 11) is 0. The molecular formula is C13H23IO. The zero-order valence-corrected chi connectivity index (χ0v) is 12.0. The first-order valence-corrected chi connectivity index (χ1v) is 7.86. The van der Waals surface area contributed by atoms with E-state index in [1.807, 2.05) is 0 Å². The van der Waals surface area contributed by atoms with Gasteiger partial charge in [0, 0.05) is 4.43 Å². The molecule has 0 spiro atoms. The minimum Gasteiger partial charge on any atom is -0.393 e. The summed E-state index contributed by atoms with van der Waals surface area (Å²) < 4.78 is 1.26. The Morgan fingerprint density at radius 3 is 2.80 bits per heavy atom. The fourth-order valence-corrected chi connectivity index (χ4v) is 4.85. The van der Waals surface area contributed by atoms with E-state index in [-0.39, 0.29) is 6.10 Å². The van der Waals surface area contributed by atoms with Crippen molar-refractivity contribution in [1.29, 1.82) is 0 Å². The quantitative estimate of drug-likeness (QED) is 0.608. The third-order valence-electron chi connectivity index (χ3n) is 5.09. The van der Waals surface area contributed by atoms with Crippen molar-refractivity contribution in [1.82, 2.24) is 0 Å². The number of rotatable bonds is 2. The smallest absolute Gasteiger partial charge is 0.0573 e. The maximum absolute atomic E-state index is 10.1. The highest BCUT2D eigenvalue weighted by Crippen LogP contribution is 2.57. The summed E-state index contributed by atoms with van der Waals surface area (Å²) in [5, 5.41) is 10.1. The Hall–Kier alpha value is 0.690. The molecular weight excluding hydrogens is 299 g/mol. The lowest BCUT2D eigenvalue weighted by Gasteiger charge is -2.45. The van der Waals surface area contributed by atoms with E-state index in [0.717, 1.165) is 18.3 Å². The van der Waals surface area contributed by atoms with Crippen molar-refractivity contribution >= 4 is 22.6 Å². The summed E-state index contributed by atoms with van der Waals surface area (Å²) >= 11 is 2.52. The molecule has 2 aliphatic rings. The standard InChI is InChI=1S/C13H23IO/c1-9(8-14)10-5-6-11-12(15)4-3-7-13(10,11)2/h9-12,15H,3-8H2,1-2H3/t9-,10?,11?,12?,13?/m1/s1.